The van der Waals surface area contributed by atoms with Crippen molar-refractivity contribution in [2.24, 2.45) is 0 Å². The Kier molecular flexibility index (Phi) is 4.02. The Bertz CT molecular complexity index is 506. The lowest BCUT2D eigenvalue weighted by atomic mass is 10.2. The SMILES string of the molecule is Cc1ccoc1CNC(=O)NCc1ccccc1. The Balaban J connectivity index is 1.75. The van der Waals surface area contributed by atoms with Crippen LogP contribution in [0.2, 0.25) is 0 Å². The van der Waals surface area contributed by atoms with Gasteiger partial charge in [-0.25, -0.2) is 4.79 Å². The predicted octanol–water partition coefficient (Wildman–Crippen LogP) is 2.59. The minimum Gasteiger partial charge on any atom is -0.467 e. The topological polar surface area (TPSA) is 54.3 Å². The molecule has 0 unspecified atom stereocenters. The number of carbonyl (C=O) groups excluding carboxylic acids is 1. The third kappa shape index (κ3) is 3.38. The summed E-state index contributed by atoms with van der Waals surface area (Å²) in [5, 5.41) is 5.54. The van der Waals surface area contributed by atoms with Crippen LogP contribution in [0, 0.1) is 6.92 Å². The monoisotopic (exact) mass is 244 g/mol. The average Bonchev–Trinajstić information content (AvgIpc) is 2.81. The fraction of sp³-hybridized carbons (Fsp3) is 0.214. The van der Waals surface area contributed by atoms with Crippen LogP contribution in [0.3, 0.4) is 0 Å². The minimum absolute atomic E-state index is 0.199. The Hall–Kier alpha value is -2.23. The molecule has 0 atom stereocenters. The van der Waals surface area contributed by atoms with Crippen molar-refractivity contribution in [2.75, 3.05) is 0 Å². The summed E-state index contributed by atoms with van der Waals surface area (Å²) in [7, 11) is 0. The number of hydrogen-bond donors (Lipinski definition) is 2. The summed E-state index contributed by atoms with van der Waals surface area (Å²) in [6, 6.07) is 11.5. The van der Waals surface area contributed by atoms with E-state index < -0.39 is 0 Å². The average molecular weight is 244 g/mol. The van der Waals surface area contributed by atoms with Gasteiger partial charge in [-0.1, -0.05) is 30.3 Å². The summed E-state index contributed by atoms with van der Waals surface area (Å²) < 4.78 is 5.23. The lowest BCUT2D eigenvalue weighted by Crippen LogP contribution is -2.34. The Morgan fingerprint density at radius 2 is 1.83 bits per heavy atom. The van der Waals surface area contributed by atoms with E-state index in [2.05, 4.69) is 10.6 Å². The molecule has 0 aliphatic heterocycles. The molecule has 0 fully saturated rings. The van der Waals surface area contributed by atoms with Gasteiger partial charge in [0.1, 0.15) is 5.76 Å². The number of hydrogen-bond acceptors (Lipinski definition) is 2. The second-order valence-electron chi connectivity index (χ2n) is 4.05. The van der Waals surface area contributed by atoms with Crippen LogP contribution in [0.1, 0.15) is 16.9 Å². The van der Waals surface area contributed by atoms with E-state index in [-0.39, 0.29) is 6.03 Å². The van der Waals surface area contributed by atoms with Crippen molar-refractivity contribution in [1.82, 2.24) is 10.6 Å². The van der Waals surface area contributed by atoms with Gasteiger partial charge in [-0.3, -0.25) is 0 Å². The molecule has 4 nitrogen and oxygen atoms in total. The molecule has 2 rings (SSSR count). The van der Waals surface area contributed by atoms with Crippen molar-refractivity contribution in [3.63, 3.8) is 0 Å². The molecule has 18 heavy (non-hydrogen) atoms. The first kappa shape index (κ1) is 12.2. The van der Waals surface area contributed by atoms with Gasteiger partial charge in [0, 0.05) is 6.54 Å². The molecule has 0 spiro atoms. The molecule has 0 aliphatic rings. The van der Waals surface area contributed by atoms with Gasteiger partial charge in [-0.2, -0.15) is 0 Å². The molecule has 0 radical (unpaired) electrons. The van der Waals surface area contributed by atoms with Gasteiger partial charge in [0.2, 0.25) is 0 Å². The van der Waals surface area contributed by atoms with Crippen LogP contribution in [0.25, 0.3) is 0 Å². The van der Waals surface area contributed by atoms with Crippen molar-refractivity contribution in [3.05, 3.63) is 59.5 Å². The normalized spacial score (nSPS) is 10.1. The molecular formula is C14H16N2O2. The summed E-state index contributed by atoms with van der Waals surface area (Å²) >= 11 is 0. The molecule has 1 aromatic heterocycles. The maximum absolute atomic E-state index is 11.6. The Morgan fingerprint density at radius 1 is 1.11 bits per heavy atom. The van der Waals surface area contributed by atoms with Crippen LogP contribution < -0.4 is 10.6 Å². The number of amides is 2. The molecule has 0 bridgehead atoms. The van der Waals surface area contributed by atoms with Crippen LogP contribution in [0.15, 0.2) is 47.1 Å². The maximum Gasteiger partial charge on any atom is 0.315 e. The molecule has 0 aliphatic carbocycles. The van der Waals surface area contributed by atoms with Gasteiger partial charge in [0.05, 0.1) is 12.8 Å². The highest BCUT2D eigenvalue weighted by molar-refractivity contribution is 5.73. The van der Waals surface area contributed by atoms with E-state index in [9.17, 15) is 4.79 Å². The summed E-state index contributed by atoms with van der Waals surface area (Å²) in [6.45, 7) is 2.87. The van der Waals surface area contributed by atoms with E-state index in [0.717, 1.165) is 16.9 Å². The van der Waals surface area contributed by atoms with Gasteiger partial charge < -0.3 is 15.1 Å². The number of aryl methyl sites for hydroxylation is 1. The van der Waals surface area contributed by atoms with E-state index in [1.54, 1.807) is 6.26 Å². The summed E-state index contributed by atoms with van der Waals surface area (Å²) in [5.74, 6) is 0.782. The molecule has 94 valence electrons. The summed E-state index contributed by atoms with van der Waals surface area (Å²) in [6.07, 6.45) is 1.62. The lowest BCUT2D eigenvalue weighted by molar-refractivity contribution is 0.239. The molecule has 1 heterocycles. The van der Waals surface area contributed by atoms with Gasteiger partial charge in [0.25, 0.3) is 0 Å². The van der Waals surface area contributed by atoms with Gasteiger partial charge >= 0.3 is 6.03 Å². The second kappa shape index (κ2) is 5.91. The Labute approximate surface area is 106 Å². The van der Waals surface area contributed by atoms with Gasteiger partial charge in [-0.15, -0.1) is 0 Å². The minimum atomic E-state index is -0.199. The van der Waals surface area contributed by atoms with Crippen molar-refractivity contribution in [2.45, 2.75) is 20.0 Å². The third-order valence-corrected chi connectivity index (χ3v) is 2.67. The van der Waals surface area contributed by atoms with E-state index in [4.69, 9.17) is 4.42 Å². The number of urea groups is 1. The van der Waals surface area contributed by atoms with E-state index >= 15 is 0 Å². The van der Waals surface area contributed by atoms with Crippen molar-refractivity contribution in [3.8, 4) is 0 Å². The highest BCUT2D eigenvalue weighted by atomic mass is 16.3. The number of nitrogens with one attached hydrogen (secondary N) is 2. The molecule has 4 heteroatoms. The molecule has 1 aromatic carbocycles. The highest BCUT2D eigenvalue weighted by Gasteiger charge is 2.04. The fourth-order valence-electron chi connectivity index (χ4n) is 1.59. The van der Waals surface area contributed by atoms with Crippen molar-refractivity contribution < 1.29 is 9.21 Å². The van der Waals surface area contributed by atoms with Crippen LogP contribution in [-0.4, -0.2) is 6.03 Å². The number of benzene rings is 1. The van der Waals surface area contributed by atoms with Crippen LogP contribution >= 0.6 is 0 Å². The molecule has 2 aromatic rings. The molecule has 0 saturated carbocycles. The van der Waals surface area contributed by atoms with E-state index in [1.165, 1.54) is 0 Å². The standard InChI is InChI=1S/C14H16N2O2/c1-11-7-8-18-13(11)10-16-14(17)15-9-12-5-3-2-4-6-12/h2-8H,9-10H2,1H3,(H2,15,16,17). The van der Waals surface area contributed by atoms with Crippen LogP contribution in [0.4, 0.5) is 4.79 Å². The Morgan fingerprint density at radius 3 is 2.50 bits per heavy atom. The van der Waals surface area contributed by atoms with E-state index in [0.29, 0.717) is 13.1 Å². The second-order valence-corrected chi connectivity index (χ2v) is 4.05. The fourth-order valence-corrected chi connectivity index (χ4v) is 1.59. The number of rotatable bonds is 4. The first-order valence-corrected chi connectivity index (χ1v) is 5.84. The maximum atomic E-state index is 11.6. The largest absolute Gasteiger partial charge is 0.467 e. The van der Waals surface area contributed by atoms with Crippen molar-refractivity contribution >= 4 is 6.03 Å². The summed E-state index contributed by atoms with van der Waals surface area (Å²) in [4.78, 5) is 11.6. The quantitative estimate of drug-likeness (QED) is 0.868. The lowest BCUT2D eigenvalue weighted by Gasteiger charge is -2.06. The zero-order valence-corrected chi connectivity index (χ0v) is 10.3. The zero-order chi connectivity index (χ0) is 12.8. The van der Waals surface area contributed by atoms with Gasteiger partial charge in [-0.05, 0) is 24.1 Å². The van der Waals surface area contributed by atoms with Crippen LogP contribution in [0.5, 0.6) is 0 Å². The third-order valence-electron chi connectivity index (χ3n) is 2.67. The summed E-state index contributed by atoms with van der Waals surface area (Å²) in [5.41, 5.74) is 2.11. The first-order valence-electron chi connectivity index (χ1n) is 5.84. The number of furan rings is 1. The molecular weight excluding hydrogens is 228 g/mol. The number of carbonyl (C=O) groups is 1. The van der Waals surface area contributed by atoms with Crippen molar-refractivity contribution in [1.29, 1.82) is 0 Å². The zero-order valence-electron chi connectivity index (χ0n) is 10.3. The predicted molar refractivity (Wildman–Crippen MR) is 69.0 cm³/mol. The highest BCUT2D eigenvalue weighted by Crippen LogP contribution is 2.07. The smallest absolute Gasteiger partial charge is 0.315 e. The van der Waals surface area contributed by atoms with E-state index in [1.807, 2.05) is 43.3 Å². The molecule has 2 N–H and O–H groups in total. The van der Waals surface area contributed by atoms with Gasteiger partial charge in [0.15, 0.2) is 0 Å². The molecule has 0 saturated heterocycles. The molecule has 2 amide bonds. The first-order chi connectivity index (χ1) is 8.75. The van der Waals surface area contributed by atoms with Crippen LogP contribution in [-0.2, 0) is 13.1 Å².